The first-order valence-electron chi connectivity index (χ1n) is 9.91. The third-order valence-electron chi connectivity index (χ3n) is 4.88. The number of rotatable bonds is 9. The largest absolute Gasteiger partial charge is 0.490 e. The van der Waals surface area contributed by atoms with E-state index in [4.69, 9.17) is 9.47 Å². The van der Waals surface area contributed by atoms with Crippen molar-refractivity contribution in [3.05, 3.63) is 59.9 Å². The molecule has 0 radical (unpaired) electrons. The highest BCUT2D eigenvalue weighted by molar-refractivity contribution is 5.94. The fraction of sp³-hybridized carbons (Fsp3) is 0.455. The Kier molecular flexibility index (Phi) is 7.82. The van der Waals surface area contributed by atoms with Gasteiger partial charge < -0.3 is 14.8 Å². The van der Waals surface area contributed by atoms with Crippen LogP contribution in [0.15, 0.2) is 48.7 Å². The molecule has 6 nitrogen and oxygen atoms in total. The number of nitrogens with zero attached hydrogens (tertiary/aromatic N) is 2. The Morgan fingerprint density at radius 1 is 1.18 bits per heavy atom. The van der Waals surface area contributed by atoms with Crippen LogP contribution in [-0.2, 0) is 11.3 Å². The van der Waals surface area contributed by atoms with E-state index in [9.17, 15) is 4.79 Å². The van der Waals surface area contributed by atoms with E-state index >= 15 is 0 Å². The number of benzene rings is 1. The number of likely N-dealkylation sites (tertiary alicyclic amines) is 1. The normalized spacial score (nSPS) is 15.3. The van der Waals surface area contributed by atoms with Crippen LogP contribution in [0.5, 0.6) is 5.75 Å². The van der Waals surface area contributed by atoms with Crippen LogP contribution in [0.1, 0.15) is 35.3 Å². The fourth-order valence-electron chi connectivity index (χ4n) is 3.30. The minimum absolute atomic E-state index is 0.0644. The number of pyridine rings is 1. The second-order valence-corrected chi connectivity index (χ2v) is 7.04. The Morgan fingerprint density at radius 3 is 2.64 bits per heavy atom. The van der Waals surface area contributed by atoms with E-state index in [1.54, 1.807) is 7.11 Å². The summed E-state index contributed by atoms with van der Waals surface area (Å²) in [5, 5.41) is 2.89. The molecule has 1 aliphatic heterocycles. The lowest BCUT2D eigenvalue weighted by molar-refractivity contribution is 0.0945. The average molecular weight is 383 g/mol. The van der Waals surface area contributed by atoms with E-state index in [0.717, 1.165) is 50.3 Å². The van der Waals surface area contributed by atoms with Gasteiger partial charge in [-0.15, -0.1) is 0 Å². The van der Waals surface area contributed by atoms with Gasteiger partial charge in [-0.05, 0) is 55.7 Å². The zero-order valence-corrected chi connectivity index (χ0v) is 16.5. The Bertz CT molecular complexity index is 714. The van der Waals surface area contributed by atoms with Gasteiger partial charge in [-0.3, -0.25) is 14.7 Å². The molecule has 0 bridgehead atoms. The maximum Gasteiger partial charge on any atom is 0.251 e. The number of hydrogen-bond acceptors (Lipinski definition) is 5. The summed E-state index contributed by atoms with van der Waals surface area (Å²) < 4.78 is 11.1. The summed E-state index contributed by atoms with van der Waals surface area (Å²) in [4.78, 5) is 18.9. The number of carbonyl (C=O) groups is 1. The molecule has 1 amide bonds. The van der Waals surface area contributed by atoms with E-state index in [-0.39, 0.29) is 12.0 Å². The molecule has 3 rings (SSSR count). The lowest BCUT2D eigenvalue weighted by Crippen LogP contribution is -2.37. The Balaban J connectivity index is 1.40. The number of ether oxygens (including phenoxy) is 2. The molecule has 0 atom stereocenters. The average Bonchev–Trinajstić information content (AvgIpc) is 2.74. The minimum atomic E-state index is -0.0644. The Labute approximate surface area is 166 Å². The fourth-order valence-corrected chi connectivity index (χ4v) is 3.30. The first-order valence-corrected chi connectivity index (χ1v) is 9.91. The first-order chi connectivity index (χ1) is 13.7. The van der Waals surface area contributed by atoms with E-state index in [1.165, 1.54) is 0 Å². The summed E-state index contributed by atoms with van der Waals surface area (Å²) in [5.74, 6) is 0.754. The van der Waals surface area contributed by atoms with Crippen molar-refractivity contribution in [3.8, 4) is 5.75 Å². The number of aromatic nitrogens is 1. The van der Waals surface area contributed by atoms with Crippen LogP contribution in [0.4, 0.5) is 0 Å². The van der Waals surface area contributed by atoms with Crippen molar-refractivity contribution in [2.75, 3.05) is 33.4 Å². The molecule has 1 N–H and O–H groups in total. The monoisotopic (exact) mass is 383 g/mol. The van der Waals surface area contributed by atoms with Crippen molar-refractivity contribution >= 4 is 5.91 Å². The number of piperidine rings is 1. The van der Waals surface area contributed by atoms with Crippen molar-refractivity contribution in [2.45, 2.75) is 31.9 Å². The summed E-state index contributed by atoms with van der Waals surface area (Å²) in [6, 6.07) is 13.4. The summed E-state index contributed by atoms with van der Waals surface area (Å²) in [6.45, 7) is 4.16. The van der Waals surface area contributed by atoms with Gasteiger partial charge in [-0.1, -0.05) is 6.07 Å². The van der Waals surface area contributed by atoms with E-state index in [1.807, 2.05) is 42.6 Å². The molecular weight excluding hydrogens is 354 g/mol. The Hall–Kier alpha value is -2.44. The van der Waals surface area contributed by atoms with Gasteiger partial charge in [0.2, 0.25) is 0 Å². The zero-order valence-electron chi connectivity index (χ0n) is 16.5. The third-order valence-corrected chi connectivity index (χ3v) is 4.88. The van der Waals surface area contributed by atoms with Gasteiger partial charge in [0.25, 0.3) is 5.91 Å². The van der Waals surface area contributed by atoms with E-state index < -0.39 is 0 Å². The van der Waals surface area contributed by atoms with Crippen LogP contribution in [0, 0.1) is 0 Å². The predicted octanol–water partition coefficient (Wildman–Crippen LogP) is 2.89. The number of nitrogens with one attached hydrogen (secondary N) is 1. The van der Waals surface area contributed by atoms with E-state index in [2.05, 4.69) is 21.3 Å². The molecule has 1 saturated heterocycles. The number of hydrogen-bond donors (Lipinski definition) is 1. The summed E-state index contributed by atoms with van der Waals surface area (Å²) in [6.07, 6.45) is 4.86. The second-order valence-electron chi connectivity index (χ2n) is 7.04. The molecule has 1 aliphatic rings. The van der Waals surface area contributed by atoms with Gasteiger partial charge in [-0.2, -0.15) is 0 Å². The van der Waals surface area contributed by atoms with Crippen LogP contribution in [0.2, 0.25) is 0 Å². The van der Waals surface area contributed by atoms with Crippen molar-refractivity contribution in [1.29, 1.82) is 0 Å². The van der Waals surface area contributed by atoms with Crippen molar-refractivity contribution in [3.63, 3.8) is 0 Å². The molecule has 6 heteroatoms. The van der Waals surface area contributed by atoms with Gasteiger partial charge in [0, 0.05) is 51.7 Å². The quantitative estimate of drug-likeness (QED) is 0.675. The van der Waals surface area contributed by atoms with E-state index in [0.29, 0.717) is 18.7 Å². The molecule has 1 fully saturated rings. The lowest BCUT2D eigenvalue weighted by Gasteiger charge is -2.31. The molecule has 1 aromatic heterocycles. The standard InChI is InChI=1S/C22H29N3O3/c1-27-16-4-13-24-22(26)18-6-8-20(9-7-18)28-21-10-14-25(15-11-21)17-19-5-2-3-12-23-19/h2-3,5-9,12,21H,4,10-11,13-17H2,1H3,(H,24,26). The second kappa shape index (κ2) is 10.8. The molecule has 150 valence electrons. The van der Waals surface area contributed by atoms with Crippen LogP contribution in [0.25, 0.3) is 0 Å². The minimum Gasteiger partial charge on any atom is -0.490 e. The third kappa shape index (κ3) is 6.32. The van der Waals surface area contributed by atoms with Gasteiger partial charge in [0.05, 0.1) is 5.69 Å². The van der Waals surface area contributed by atoms with Gasteiger partial charge in [0.1, 0.15) is 11.9 Å². The molecule has 2 aromatic rings. The van der Waals surface area contributed by atoms with Crippen molar-refractivity contribution < 1.29 is 14.3 Å². The maximum atomic E-state index is 12.1. The molecule has 2 heterocycles. The topological polar surface area (TPSA) is 63.7 Å². The summed E-state index contributed by atoms with van der Waals surface area (Å²) in [7, 11) is 1.66. The number of carbonyl (C=O) groups excluding carboxylic acids is 1. The highest BCUT2D eigenvalue weighted by Crippen LogP contribution is 2.20. The SMILES string of the molecule is COCCCNC(=O)c1ccc(OC2CCN(Cc3ccccn3)CC2)cc1. The first kappa shape index (κ1) is 20.3. The number of methoxy groups -OCH3 is 1. The van der Waals surface area contributed by atoms with Crippen LogP contribution in [0.3, 0.4) is 0 Å². The van der Waals surface area contributed by atoms with Crippen LogP contribution in [-0.4, -0.2) is 55.2 Å². The highest BCUT2D eigenvalue weighted by Gasteiger charge is 2.21. The molecule has 0 unspecified atom stereocenters. The van der Waals surface area contributed by atoms with Gasteiger partial charge in [0.15, 0.2) is 0 Å². The molecule has 28 heavy (non-hydrogen) atoms. The lowest BCUT2D eigenvalue weighted by atomic mass is 10.1. The molecular formula is C22H29N3O3. The summed E-state index contributed by atoms with van der Waals surface area (Å²) >= 11 is 0. The molecule has 0 spiro atoms. The van der Waals surface area contributed by atoms with Crippen LogP contribution < -0.4 is 10.1 Å². The highest BCUT2D eigenvalue weighted by atomic mass is 16.5. The molecule has 0 aliphatic carbocycles. The van der Waals surface area contributed by atoms with Gasteiger partial charge >= 0.3 is 0 Å². The van der Waals surface area contributed by atoms with Gasteiger partial charge in [-0.25, -0.2) is 0 Å². The summed E-state index contributed by atoms with van der Waals surface area (Å²) in [5.41, 5.74) is 1.76. The van der Waals surface area contributed by atoms with Crippen molar-refractivity contribution in [1.82, 2.24) is 15.2 Å². The maximum absolute atomic E-state index is 12.1. The molecule has 1 aromatic carbocycles. The zero-order chi connectivity index (χ0) is 19.6. The Morgan fingerprint density at radius 2 is 1.96 bits per heavy atom. The molecule has 0 saturated carbocycles. The number of amides is 1. The van der Waals surface area contributed by atoms with Crippen LogP contribution >= 0.6 is 0 Å². The van der Waals surface area contributed by atoms with Crippen molar-refractivity contribution in [2.24, 2.45) is 0 Å². The smallest absolute Gasteiger partial charge is 0.251 e. The predicted molar refractivity (Wildman–Crippen MR) is 108 cm³/mol.